The summed E-state index contributed by atoms with van der Waals surface area (Å²) < 4.78 is 0. The van der Waals surface area contributed by atoms with Crippen LogP contribution >= 0.6 is 0 Å². The lowest BCUT2D eigenvalue weighted by atomic mass is 10.2. The predicted octanol–water partition coefficient (Wildman–Crippen LogP) is 1.58. The van der Waals surface area contributed by atoms with Crippen LogP contribution in [0.5, 0.6) is 0 Å². The minimum absolute atomic E-state index is 0.169. The second-order valence-corrected chi connectivity index (χ2v) is 4.44. The van der Waals surface area contributed by atoms with Crippen LogP contribution in [0.3, 0.4) is 0 Å². The molecule has 0 spiro atoms. The first kappa shape index (κ1) is 12.4. The van der Waals surface area contributed by atoms with Gasteiger partial charge in [0, 0.05) is 24.8 Å². The largest absolute Gasteiger partial charge is 0.355 e. The van der Waals surface area contributed by atoms with Gasteiger partial charge in [-0.2, -0.15) is 0 Å². The number of nitrogens with one attached hydrogen (secondary N) is 3. The highest BCUT2D eigenvalue weighted by Crippen LogP contribution is 2.27. The minimum atomic E-state index is -0.226. The number of carbonyl (C=O) groups excluding carboxylic acids is 2. The lowest BCUT2D eigenvalue weighted by Crippen LogP contribution is -2.30. The summed E-state index contributed by atoms with van der Waals surface area (Å²) >= 11 is 0. The number of carbonyl (C=O) groups is 2. The molecular weight excluding hydrogens is 230 g/mol. The lowest BCUT2D eigenvalue weighted by Gasteiger charge is -2.08. The molecule has 0 bridgehead atoms. The molecule has 1 aromatic carbocycles. The maximum absolute atomic E-state index is 11.6. The molecule has 2 rings (SSSR count). The third-order valence-electron chi connectivity index (χ3n) is 2.86. The number of hydrogen-bond donors (Lipinski definition) is 3. The zero-order chi connectivity index (χ0) is 13.0. The van der Waals surface area contributed by atoms with Crippen molar-refractivity contribution < 1.29 is 9.59 Å². The van der Waals surface area contributed by atoms with E-state index in [1.807, 2.05) is 0 Å². The second-order valence-electron chi connectivity index (χ2n) is 4.44. The van der Waals surface area contributed by atoms with E-state index in [-0.39, 0.29) is 11.9 Å². The molecule has 1 fully saturated rings. The molecule has 1 aliphatic carbocycles. The number of urea groups is 1. The molecule has 0 aliphatic heterocycles. The van der Waals surface area contributed by atoms with E-state index in [4.69, 9.17) is 0 Å². The highest BCUT2D eigenvalue weighted by molar-refractivity contribution is 5.96. The molecule has 0 atom stereocenters. The molecular formula is C13H17N3O2. The first-order valence-electron chi connectivity index (χ1n) is 6.06. The molecule has 1 saturated carbocycles. The van der Waals surface area contributed by atoms with Crippen molar-refractivity contribution in [3.8, 4) is 0 Å². The molecule has 3 N–H and O–H groups in total. The highest BCUT2D eigenvalue weighted by Gasteiger charge is 2.21. The van der Waals surface area contributed by atoms with Gasteiger partial charge in [-0.15, -0.1) is 0 Å². The van der Waals surface area contributed by atoms with Gasteiger partial charge in [-0.1, -0.05) is 6.07 Å². The standard InChI is InChI=1S/C13H17N3O2/c1-14-12(17)10-3-2-4-11(7-10)16-13(18)15-8-9-5-6-9/h2-4,7,9H,5-6,8H2,1H3,(H,14,17)(H2,15,16,18). The molecule has 0 unspecified atom stereocenters. The Morgan fingerprint density at radius 2 is 2.11 bits per heavy atom. The van der Waals surface area contributed by atoms with Gasteiger partial charge in [-0.05, 0) is 37.0 Å². The fraction of sp³-hybridized carbons (Fsp3) is 0.385. The molecule has 96 valence electrons. The normalized spacial score (nSPS) is 13.8. The van der Waals surface area contributed by atoms with Crippen molar-refractivity contribution in [1.82, 2.24) is 10.6 Å². The van der Waals surface area contributed by atoms with Crippen LogP contribution in [0.1, 0.15) is 23.2 Å². The Hall–Kier alpha value is -2.04. The van der Waals surface area contributed by atoms with E-state index in [0.717, 1.165) is 6.54 Å². The molecule has 1 aliphatic rings. The Morgan fingerprint density at radius 3 is 2.78 bits per heavy atom. The van der Waals surface area contributed by atoms with Gasteiger partial charge in [0.05, 0.1) is 0 Å². The average molecular weight is 247 g/mol. The Labute approximate surface area is 106 Å². The first-order valence-corrected chi connectivity index (χ1v) is 6.06. The van der Waals surface area contributed by atoms with Crippen LogP contribution in [-0.4, -0.2) is 25.5 Å². The van der Waals surface area contributed by atoms with Crippen molar-refractivity contribution in [1.29, 1.82) is 0 Å². The van der Waals surface area contributed by atoms with Gasteiger partial charge in [0.1, 0.15) is 0 Å². The van der Waals surface area contributed by atoms with Crippen LogP contribution in [-0.2, 0) is 0 Å². The van der Waals surface area contributed by atoms with Crippen LogP contribution in [0.2, 0.25) is 0 Å². The molecule has 0 aromatic heterocycles. The van der Waals surface area contributed by atoms with Crippen LogP contribution in [0.4, 0.5) is 10.5 Å². The van der Waals surface area contributed by atoms with Crippen LogP contribution < -0.4 is 16.0 Å². The number of amides is 3. The SMILES string of the molecule is CNC(=O)c1cccc(NC(=O)NCC2CC2)c1. The summed E-state index contributed by atoms with van der Waals surface area (Å²) in [6, 6.07) is 6.61. The molecule has 18 heavy (non-hydrogen) atoms. The van der Waals surface area contributed by atoms with Gasteiger partial charge in [0.25, 0.3) is 5.91 Å². The molecule has 1 aromatic rings. The Balaban J connectivity index is 1.91. The second kappa shape index (κ2) is 5.53. The zero-order valence-electron chi connectivity index (χ0n) is 10.3. The van der Waals surface area contributed by atoms with E-state index in [9.17, 15) is 9.59 Å². The fourth-order valence-electron chi connectivity index (χ4n) is 1.62. The molecule has 0 heterocycles. The van der Waals surface area contributed by atoms with Gasteiger partial charge in [-0.25, -0.2) is 4.79 Å². The average Bonchev–Trinajstić information content (AvgIpc) is 3.20. The maximum atomic E-state index is 11.6. The molecule has 0 saturated heterocycles. The third kappa shape index (κ3) is 3.48. The minimum Gasteiger partial charge on any atom is -0.355 e. The molecule has 5 nitrogen and oxygen atoms in total. The van der Waals surface area contributed by atoms with Crippen molar-refractivity contribution in [2.45, 2.75) is 12.8 Å². The summed E-state index contributed by atoms with van der Waals surface area (Å²) in [4.78, 5) is 23.0. The Kier molecular flexibility index (Phi) is 3.82. The summed E-state index contributed by atoms with van der Waals surface area (Å²) in [7, 11) is 1.57. The van der Waals surface area contributed by atoms with Crippen molar-refractivity contribution in [2.24, 2.45) is 5.92 Å². The van der Waals surface area contributed by atoms with E-state index in [1.54, 1.807) is 31.3 Å². The number of hydrogen-bond acceptors (Lipinski definition) is 2. The van der Waals surface area contributed by atoms with Crippen LogP contribution in [0.25, 0.3) is 0 Å². The number of benzene rings is 1. The summed E-state index contributed by atoms with van der Waals surface area (Å²) in [5.41, 5.74) is 1.14. The van der Waals surface area contributed by atoms with Gasteiger partial charge in [-0.3, -0.25) is 4.79 Å². The molecule has 3 amide bonds. The van der Waals surface area contributed by atoms with Gasteiger partial charge in [0.2, 0.25) is 0 Å². The van der Waals surface area contributed by atoms with E-state index in [2.05, 4.69) is 16.0 Å². The van der Waals surface area contributed by atoms with Crippen LogP contribution in [0.15, 0.2) is 24.3 Å². The topological polar surface area (TPSA) is 70.2 Å². The summed E-state index contributed by atoms with van der Waals surface area (Å²) in [6.45, 7) is 0.723. The Morgan fingerprint density at radius 1 is 1.33 bits per heavy atom. The van der Waals surface area contributed by atoms with E-state index >= 15 is 0 Å². The van der Waals surface area contributed by atoms with Gasteiger partial charge < -0.3 is 16.0 Å². The summed E-state index contributed by atoms with van der Waals surface area (Å²) in [5.74, 6) is 0.477. The van der Waals surface area contributed by atoms with E-state index < -0.39 is 0 Å². The Bertz CT molecular complexity index is 455. The van der Waals surface area contributed by atoms with Crippen LogP contribution in [0, 0.1) is 5.92 Å². The van der Waals surface area contributed by atoms with E-state index in [1.165, 1.54) is 12.8 Å². The summed E-state index contributed by atoms with van der Waals surface area (Å²) in [6.07, 6.45) is 2.40. The maximum Gasteiger partial charge on any atom is 0.319 e. The van der Waals surface area contributed by atoms with Gasteiger partial charge in [0.15, 0.2) is 0 Å². The smallest absolute Gasteiger partial charge is 0.319 e. The van der Waals surface area contributed by atoms with Crippen molar-refractivity contribution in [3.05, 3.63) is 29.8 Å². The number of rotatable bonds is 4. The first-order chi connectivity index (χ1) is 8.69. The van der Waals surface area contributed by atoms with E-state index in [0.29, 0.717) is 17.2 Å². The van der Waals surface area contributed by atoms with Crippen molar-refractivity contribution >= 4 is 17.6 Å². The quantitative estimate of drug-likeness (QED) is 0.756. The number of anilines is 1. The van der Waals surface area contributed by atoms with Crippen molar-refractivity contribution in [3.63, 3.8) is 0 Å². The lowest BCUT2D eigenvalue weighted by molar-refractivity contribution is 0.0963. The monoisotopic (exact) mass is 247 g/mol. The third-order valence-corrected chi connectivity index (χ3v) is 2.86. The predicted molar refractivity (Wildman–Crippen MR) is 69.6 cm³/mol. The fourth-order valence-corrected chi connectivity index (χ4v) is 1.62. The highest BCUT2D eigenvalue weighted by atomic mass is 16.2. The molecule has 0 radical (unpaired) electrons. The molecule has 5 heteroatoms. The van der Waals surface area contributed by atoms with Gasteiger partial charge >= 0.3 is 6.03 Å². The summed E-state index contributed by atoms with van der Waals surface area (Å²) in [5, 5.41) is 8.06. The van der Waals surface area contributed by atoms with Crippen molar-refractivity contribution in [2.75, 3.05) is 18.9 Å². The zero-order valence-corrected chi connectivity index (χ0v) is 10.3.